The van der Waals surface area contributed by atoms with E-state index in [9.17, 15) is 14.4 Å². The van der Waals surface area contributed by atoms with Crippen molar-refractivity contribution in [3.8, 4) is 0 Å². The summed E-state index contributed by atoms with van der Waals surface area (Å²) in [4.78, 5) is 20.3. The Morgan fingerprint density at radius 2 is 1.22 bits per heavy atom. The third kappa shape index (κ3) is 19.7. The Balaban J connectivity index is 0. The molecule has 0 aromatic rings. The standard InChI is InChI=1S/C12H27O4P.Ca/c1-2-3-4-5-6-7-8-9-10-11-12-16-17(13,14)15;/h2-12H2,1H3,(H2,13,14,15);/q;+2/p-2. The molecule has 6 heteroatoms. The number of hydrogen-bond donors (Lipinski definition) is 0. The van der Waals surface area contributed by atoms with Gasteiger partial charge in [0.2, 0.25) is 0 Å². The monoisotopic (exact) mass is 304 g/mol. The first kappa shape index (κ1) is 21.7. The summed E-state index contributed by atoms with van der Waals surface area (Å²) >= 11 is 0. The molecule has 0 aromatic heterocycles. The predicted octanol–water partition coefficient (Wildman–Crippen LogP) is 2.37. The molecule has 0 aliphatic carbocycles. The van der Waals surface area contributed by atoms with E-state index >= 15 is 0 Å². The quantitative estimate of drug-likeness (QED) is 0.315. The van der Waals surface area contributed by atoms with Gasteiger partial charge in [0.05, 0.1) is 14.4 Å². The maximum atomic E-state index is 10.1. The van der Waals surface area contributed by atoms with Crippen molar-refractivity contribution < 1.29 is 18.9 Å². The molecule has 0 fully saturated rings. The van der Waals surface area contributed by atoms with E-state index in [4.69, 9.17) is 0 Å². The number of rotatable bonds is 12. The predicted molar refractivity (Wildman–Crippen MR) is 71.2 cm³/mol. The van der Waals surface area contributed by atoms with Gasteiger partial charge in [-0.2, -0.15) is 0 Å². The van der Waals surface area contributed by atoms with Gasteiger partial charge in [0.1, 0.15) is 0 Å². The van der Waals surface area contributed by atoms with Crippen molar-refractivity contribution in [3.05, 3.63) is 0 Å². The summed E-state index contributed by atoms with van der Waals surface area (Å²) in [5.41, 5.74) is 0. The first-order chi connectivity index (χ1) is 8.06. The molecule has 0 heterocycles. The van der Waals surface area contributed by atoms with Crippen molar-refractivity contribution in [3.63, 3.8) is 0 Å². The van der Waals surface area contributed by atoms with Crippen LogP contribution in [0.1, 0.15) is 71.1 Å². The SMILES string of the molecule is CCCCCCCCCCCCOP(=O)([O-])[O-].[Ca+2]. The minimum absolute atomic E-state index is 0. The fraction of sp³-hybridized carbons (Fsp3) is 1.00. The van der Waals surface area contributed by atoms with Crippen LogP contribution in [0.3, 0.4) is 0 Å². The average Bonchev–Trinajstić information content (AvgIpc) is 2.24. The fourth-order valence-corrected chi connectivity index (χ4v) is 2.12. The summed E-state index contributed by atoms with van der Waals surface area (Å²) < 4.78 is 14.3. The van der Waals surface area contributed by atoms with E-state index in [-0.39, 0.29) is 44.3 Å². The van der Waals surface area contributed by atoms with Crippen molar-refractivity contribution in [1.29, 1.82) is 0 Å². The molecular formula is C12H25CaO4P. The van der Waals surface area contributed by atoms with Gasteiger partial charge in [-0.15, -0.1) is 0 Å². The molecule has 0 aliphatic rings. The summed E-state index contributed by atoms with van der Waals surface area (Å²) in [7, 11) is -4.74. The van der Waals surface area contributed by atoms with Crippen molar-refractivity contribution in [1.82, 2.24) is 0 Å². The van der Waals surface area contributed by atoms with Crippen molar-refractivity contribution in [2.45, 2.75) is 71.1 Å². The minimum atomic E-state index is -4.74. The number of phosphoric acid groups is 1. The summed E-state index contributed by atoms with van der Waals surface area (Å²) in [5.74, 6) is 0. The molecule has 0 aromatic carbocycles. The molecule has 4 nitrogen and oxygen atoms in total. The largest absolute Gasteiger partial charge is 2.00 e. The molecule has 104 valence electrons. The van der Waals surface area contributed by atoms with Crippen LogP contribution in [0.15, 0.2) is 0 Å². The number of unbranched alkanes of at least 4 members (excludes halogenated alkanes) is 9. The van der Waals surface area contributed by atoms with Crippen LogP contribution in [-0.4, -0.2) is 44.3 Å². The van der Waals surface area contributed by atoms with E-state index in [1.165, 1.54) is 44.9 Å². The Labute approximate surface area is 141 Å². The molecule has 0 aliphatic heterocycles. The molecule has 0 saturated carbocycles. The summed E-state index contributed by atoms with van der Waals surface area (Å²) in [6, 6.07) is 0. The number of phosphoric ester groups is 1. The molecule has 0 unspecified atom stereocenters. The smallest absolute Gasteiger partial charge is 0.790 e. The topological polar surface area (TPSA) is 72.4 Å². The second-order valence-electron chi connectivity index (χ2n) is 4.46. The van der Waals surface area contributed by atoms with E-state index in [1.54, 1.807) is 0 Å². The van der Waals surface area contributed by atoms with Gasteiger partial charge in [0.15, 0.2) is 0 Å². The maximum Gasteiger partial charge on any atom is 2.00 e. The third-order valence-corrected chi connectivity index (χ3v) is 3.25. The van der Waals surface area contributed by atoms with Gasteiger partial charge in [0, 0.05) is 0 Å². The Morgan fingerprint density at radius 3 is 1.61 bits per heavy atom. The van der Waals surface area contributed by atoms with Crippen molar-refractivity contribution >= 4 is 45.6 Å². The molecule has 0 saturated heterocycles. The van der Waals surface area contributed by atoms with Crippen LogP contribution in [0, 0.1) is 0 Å². The van der Waals surface area contributed by atoms with Crippen LogP contribution < -0.4 is 9.79 Å². The van der Waals surface area contributed by atoms with Crippen LogP contribution >= 0.6 is 7.82 Å². The molecule has 0 rings (SSSR count). The average molecular weight is 304 g/mol. The molecule has 0 spiro atoms. The summed E-state index contributed by atoms with van der Waals surface area (Å²) in [6.07, 6.45) is 11.7. The Bertz CT molecular complexity index is 208. The first-order valence-electron chi connectivity index (χ1n) is 6.73. The molecule has 0 amide bonds. The van der Waals surface area contributed by atoms with Crippen LogP contribution in [0.5, 0.6) is 0 Å². The first-order valence-corrected chi connectivity index (χ1v) is 8.19. The molecule has 0 radical (unpaired) electrons. The van der Waals surface area contributed by atoms with E-state index in [0.717, 1.165) is 12.8 Å². The second kappa shape index (κ2) is 14.8. The van der Waals surface area contributed by atoms with Gasteiger partial charge in [-0.3, -0.25) is 0 Å². The van der Waals surface area contributed by atoms with E-state index in [2.05, 4.69) is 11.4 Å². The van der Waals surface area contributed by atoms with Gasteiger partial charge >= 0.3 is 37.7 Å². The Kier molecular flexibility index (Phi) is 17.8. The van der Waals surface area contributed by atoms with Crippen molar-refractivity contribution in [2.75, 3.05) is 6.61 Å². The van der Waals surface area contributed by atoms with Crippen LogP contribution in [0.25, 0.3) is 0 Å². The van der Waals surface area contributed by atoms with Crippen LogP contribution in [-0.2, 0) is 9.09 Å². The molecule has 0 atom stereocenters. The normalized spacial score (nSPS) is 11.3. The van der Waals surface area contributed by atoms with Crippen LogP contribution in [0.4, 0.5) is 0 Å². The van der Waals surface area contributed by atoms with Crippen molar-refractivity contribution in [2.24, 2.45) is 0 Å². The van der Waals surface area contributed by atoms with Gasteiger partial charge < -0.3 is 18.9 Å². The van der Waals surface area contributed by atoms with Gasteiger partial charge in [0.25, 0.3) is 0 Å². The van der Waals surface area contributed by atoms with Gasteiger partial charge in [-0.05, 0) is 6.42 Å². The van der Waals surface area contributed by atoms with Crippen LogP contribution in [0.2, 0.25) is 0 Å². The molecular weight excluding hydrogens is 279 g/mol. The molecule has 0 bridgehead atoms. The zero-order valence-electron chi connectivity index (χ0n) is 11.6. The molecule has 18 heavy (non-hydrogen) atoms. The van der Waals surface area contributed by atoms with E-state index < -0.39 is 7.82 Å². The summed E-state index contributed by atoms with van der Waals surface area (Å²) in [5, 5.41) is 0. The van der Waals surface area contributed by atoms with E-state index in [1.807, 2.05) is 0 Å². The number of hydrogen-bond acceptors (Lipinski definition) is 4. The van der Waals surface area contributed by atoms with Gasteiger partial charge in [-0.1, -0.05) is 64.7 Å². The summed E-state index contributed by atoms with van der Waals surface area (Å²) in [6.45, 7) is 2.26. The maximum absolute atomic E-state index is 10.1. The van der Waals surface area contributed by atoms with E-state index in [0.29, 0.717) is 6.42 Å². The van der Waals surface area contributed by atoms with Gasteiger partial charge in [-0.25, -0.2) is 0 Å². The zero-order valence-corrected chi connectivity index (χ0v) is 14.7. The Morgan fingerprint density at radius 1 is 0.833 bits per heavy atom. The second-order valence-corrected chi connectivity index (χ2v) is 5.62. The Hall–Kier alpha value is 1.37. The molecule has 0 N–H and O–H groups in total. The third-order valence-electron chi connectivity index (χ3n) is 2.75. The zero-order chi connectivity index (χ0) is 13.0. The fourth-order valence-electron chi connectivity index (χ4n) is 1.77. The minimum Gasteiger partial charge on any atom is -0.790 e.